The molecule has 0 atom stereocenters. The number of aromatic nitrogens is 2. The SMILES string of the molecule is CCCCOc1ccc(/C=C/c2nc3ccccc3c(=O)n2-c2ccccc2)cc1OC. The Morgan fingerprint density at radius 1 is 0.938 bits per heavy atom. The number of para-hydroxylation sites is 2. The van der Waals surface area contributed by atoms with Gasteiger partial charge < -0.3 is 9.47 Å². The Hall–Kier alpha value is -3.86. The molecule has 0 N–H and O–H groups in total. The summed E-state index contributed by atoms with van der Waals surface area (Å²) in [6, 6.07) is 22.7. The molecule has 5 nitrogen and oxygen atoms in total. The van der Waals surface area contributed by atoms with Crippen LogP contribution in [0.2, 0.25) is 0 Å². The Morgan fingerprint density at radius 3 is 2.50 bits per heavy atom. The molecule has 1 heterocycles. The largest absolute Gasteiger partial charge is 0.493 e. The van der Waals surface area contributed by atoms with E-state index in [1.165, 1.54) is 0 Å². The number of rotatable bonds is 8. The van der Waals surface area contributed by atoms with Gasteiger partial charge in [-0.2, -0.15) is 0 Å². The van der Waals surface area contributed by atoms with E-state index in [-0.39, 0.29) is 5.56 Å². The zero-order valence-electron chi connectivity index (χ0n) is 18.3. The first kappa shape index (κ1) is 21.4. The van der Waals surface area contributed by atoms with Crippen LogP contribution in [0.3, 0.4) is 0 Å². The number of methoxy groups -OCH3 is 1. The van der Waals surface area contributed by atoms with Gasteiger partial charge in [-0.05, 0) is 54.5 Å². The van der Waals surface area contributed by atoms with E-state index < -0.39 is 0 Å². The number of nitrogens with zero attached hydrogens (tertiary/aromatic N) is 2. The van der Waals surface area contributed by atoms with Crippen molar-refractivity contribution in [1.29, 1.82) is 0 Å². The van der Waals surface area contributed by atoms with Crippen LogP contribution < -0.4 is 15.0 Å². The topological polar surface area (TPSA) is 53.3 Å². The standard InChI is InChI=1S/C27H26N2O3/c1-3-4-18-32-24-16-14-20(19-25(24)31-2)15-17-26-28-23-13-9-8-12-22(23)27(30)29(26)21-10-6-5-7-11-21/h5-17,19H,3-4,18H2,1-2H3/b17-15+. The molecular weight excluding hydrogens is 400 g/mol. The van der Waals surface area contributed by atoms with Crippen molar-refractivity contribution in [3.05, 3.63) is 94.5 Å². The maximum atomic E-state index is 13.3. The number of benzene rings is 3. The summed E-state index contributed by atoms with van der Waals surface area (Å²) in [4.78, 5) is 18.0. The smallest absolute Gasteiger partial charge is 0.266 e. The van der Waals surface area contributed by atoms with Gasteiger partial charge in [-0.3, -0.25) is 9.36 Å². The summed E-state index contributed by atoms with van der Waals surface area (Å²) in [5, 5.41) is 0.587. The zero-order valence-corrected chi connectivity index (χ0v) is 18.3. The minimum Gasteiger partial charge on any atom is -0.493 e. The summed E-state index contributed by atoms with van der Waals surface area (Å²) in [6.45, 7) is 2.79. The lowest BCUT2D eigenvalue weighted by Crippen LogP contribution is -2.22. The highest BCUT2D eigenvalue weighted by Crippen LogP contribution is 2.29. The molecule has 4 rings (SSSR count). The van der Waals surface area contributed by atoms with Crippen LogP contribution in [0.5, 0.6) is 11.5 Å². The Labute approximate surface area is 187 Å². The number of hydrogen-bond donors (Lipinski definition) is 0. The highest BCUT2D eigenvalue weighted by atomic mass is 16.5. The number of unbranched alkanes of at least 4 members (excludes halogenated alkanes) is 1. The Morgan fingerprint density at radius 2 is 1.72 bits per heavy atom. The molecule has 5 heteroatoms. The molecule has 0 fully saturated rings. The number of hydrogen-bond acceptors (Lipinski definition) is 4. The summed E-state index contributed by atoms with van der Waals surface area (Å²) in [5.74, 6) is 1.96. The van der Waals surface area contributed by atoms with Gasteiger partial charge in [0, 0.05) is 0 Å². The van der Waals surface area contributed by atoms with E-state index in [1.807, 2.05) is 78.9 Å². The van der Waals surface area contributed by atoms with Gasteiger partial charge in [-0.15, -0.1) is 0 Å². The summed E-state index contributed by atoms with van der Waals surface area (Å²) in [6.07, 6.45) is 5.85. The Kier molecular flexibility index (Phi) is 6.66. The van der Waals surface area contributed by atoms with Gasteiger partial charge in [0.2, 0.25) is 0 Å². The molecule has 0 aliphatic rings. The van der Waals surface area contributed by atoms with E-state index in [2.05, 4.69) is 6.92 Å². The van der Waals surface area contributed by atoms with Gasteiger partial charge in [0.25, 0.3) is 5.56 Å². The molecule has 162 valence electrons. The molecule has 0 amide bonds. The van der Waals surface area contributed by atoms with Crippen molar-refractivity contribution in [3.8, 4) is 17.2 Å². The third-order valence-corrected chi connectivity index (χ3v) is 5.18. The minimum absolute atomic E-state index is 0.0984. The quantitative estimate of drug-likeness (QED) is 0.337. The summed E-state index contributed by atoms with van der Waals surface area (Å²) in [5.41, 5.74) is 2.26. The molecule has 3 aromatic carbocycles. The monoisotopic (exact) mass is 426 g/mol. The second kappa shape index (κ2) is 9.96. The molecule has 0 aliphatic carbocycles. The third-order valence-electron chi connectivity index (χ3n) is 5.18. The summed E-state index contributed by atoms with van der Waals surface area (Å²) in [7, 11) is 1.63. The van der Waals surface area contributed by atoms with Crippen LogP contribution in [0.15, 0.2) is 77.6 Å². The van der Waals surface area contributed by atoms with Gasteiger partial charge >= 0.3 is 0 Å². The van der Waals surface area contributed by atoms with Gasteiger partial charge in [0.15, 0.2) is 11.5 Å². The summed E-state index contributed by atoms with van der Waals surface area (Å²) < 4.78 is 13.0. The van der Waals surface area contributed by atoms with Crippen molar-refractivity contribution >= 4 is 23.1 Å². The molecule has 0 spiro atoms. The van der Waals surface area contributed by atoms with Crippen LogP contribution in [-0.4, -0.2) is 23.3 Å². The highest BCUT2D eigenvalue weighted by Gasteiger charge is 2.11. The van der Waals surface area contributed by atoms with E-state index in [1.54, 1.807) is 17.7 Å². The first-order chi connectivity index (χ1) is 15.7. The maximum Gasteiger partial charge on any atom is 0.266 e. The first-order valence-corrected chi connectivity index (χ1v) is 10.8. The fraction of sp³-hybridized carbons (Fsp3) is 0.185. The van der Waals surface area contributed by atoms with Crippen LogP contribution in [0, 0.1) is 0 Å². The van der Waals surface area contributed by atoms with Crippen molar-refractivity contribution in [2.75, 3.05) is 13.7 Å². The number of fused-ring (bicyclic) bond motifs is 1. The predicted octanol–water partition coefficient (Wildman–Crippen LogP) is 5.74. The van der Waals surface area contributed by atoms with Gasteiger partial charge in [-0.25, -0.2) is 4.98 Å². The van der Waals surface area contributed by atoms with E-state index in [0.29, 0.717) is 29.1 Å². The average molecular weight is 427 g/mol. The first-order valence-electron chi connectivity index (χ1n) is 10.8. The molecular formula is C27H26N2O3. The molecule has 4 aromatic rings. The fourth-order valence-corrected chi connectivity index (χ4v) is 3.49. The lowest BCUT2D eigenvalue weighted by molar-refractivity contribution is 0.288. The van der Waals surface area contributed by atoms with E-state index in [9.17, 15) is 4.79 Å². The predicted molar refractivity (Wildman–Crippen MR) is 130 cm³/mol. The van der Waals surface area contributed by atoms with E-state index >= 15 is 0 Å². The Bertz CT molecular complexity index is 1290. The van der Waals surface area contributed by atoms with Crippen molar-refractivity contribution in [2.24, 2.45) is 0 Å². The van der Waals surface area contributed by atoms with Crippen molar-refractivity contribution < 1.29 is 9.47 Å². The fourth-order valence-electron chi connectivity index (χ4n) is 3.49. The number of ether oxygens (including phenoxy) is 2. The van der Waals surface area contributed by atoms with Crippen molar-refractivity contribution in [2.45, 2.75) is 19.8 Å². The maximum absolute atomic E-state index is 13.3. The lowest BCUT2D eigenvalue weighted by Gasteiger charge is -2.12. The van der Waals surface area contributed by atoms with Crippen LogP contribution in [0.1, 0.15) is 31.2 Å². The highest BCUT2D eigenvalue weighted by molar-refractivity contribution is 5.80. The Balaban J connectivity index is 1.75. The average Bonchev–Trinajstić information content (AvgIpc) is 2.84. The second-order valence-corrected chi connectivity index (χ2v) is 7.41. The van der Waals surface area contributed by atoms with Crippen molar-refractivity contribution in [1.82, 2.24) is 9.55 Å². The van der Waals surface area contributed by atoms with Gasteiger partial charge in [0.1, 0.15) is 5.82 Å². The second-order valence-electron chi connectivity index (χ2n) is 7.41. The minimum atomic E-state index is -0.0984. The molecule has 0 saturated heterocycles. The van der Waals surface area contributed by atoms with Crippen LogP contribution in [0.25, 0.3) is 28.7 Å². The molecule has 0 radical (unpaired) electrons. The summed E-state index contributed by atoms with van der Waals surface area (Å²) >= 11 is 0. The zero-order chi connectivity index (χ0) is 22.3. The third kappa shape index (κ3) is 4.57. The van der Waals surface area contributed by atoms with Crippen LogP contribution >= 0.6 is 0 Å². The molecule has 1 aromatic heterocycles. The molecule has 0 bridgehead atoms. The van der Waals surface area contributed by atoms with Crippen LogP contribution in [0.4, 0.5) is 0 Å². The molecule has 0 aliphatic heterocycles. The molecule has 0 unspecified atom stereocenters. The lowest BCUT2D eigenvalue weighted by atomic mass is 10.1. The van der Waals surface area contributed by atoms with Crippen LogP contribution in [-0.2, 0) is 0 Å². The molecule has 32 heavy (non-hydrogen) atoms. The van der Waals surface area contributed by atoms with E-state index in [4.69, 9.17) is 14.5 Å². The molecule has 0 saturated carbocycles. The normalized spacial score (nSPS) is 11.2. The van der Waals surface area contributed by atoms with Gasteiger partial charge in [-0.1, -0.05) is 55.8 Å². The van der Waals surface area contributed by atoms with Gasteiger partial charge in [0.05, 0.1) is 30.3 Å². The van der Waals surface area contributed by atoms with Crippen molar-refractivity contribution in [3.63, 3.8) is 0 Å². The van der Waals surface area contributed by atoms with E-state index in [0.717, 1.165) is 29.8 Å².